The van der Waals surface area contributed by atoms with Crippen molar-refractivity contribution in [2.75, 3.05) is 0 Å². The van der Waals surface area contributed by atoms with Crippen LogP contribution in [0.5, 0.6) is 0 Å². The standard InChI is InChI=1S/C16H16FN/c17-15-8-4-3-7-14(15)16(18)10-12-9-11-5-1-2-6-13(11)12/h1-8,12,16H,9-10,18H2. The summed E-state index contributed by atoms with van der Waals surface area (Å²) >= 11 is 0. The summed E-state index contributed by atoms with van der Waals surface area (Å²) in [5, 5.41) is 0. The lowest BCUT2D eigenvalue weighted by Gasteiger charge is -2.32. The summed E-state index contributed by atoms with van der Waals surface area (Å²) in [7, 11) is 0. The minimum Gasteiger partial charge on any atom is -0.324 e. The highest BCUT2D eigenvalue weighted by atomic mass is 19.1. The molecular weight excluding hydrogens is 225 g/mol. The normalized spacial score (nSPS) is 18.9. The van der Waals surface area contributed by atoms with Gasteiger partial charge in [-0.15, -0.1) is 0 Å². The fraction of sp³-hybridized carbons (Fsp3) is 0.250. The Morgan fingerprint density at radius 3 is 2.61 bits per heavy atom. The molecule has 0 aromatic heterocycles. The second-order valence-electron chi connectivity index (χ2n) is 4.96. The summed E-state index contributed by atoms with van der Waals surface area (Å²) < 4.78 is 13.6. The van der Waals surface area contributed by atoms with Gasteiger partial charge in [0.05, 0.1) is 0 Å². The summed E-state index contributed by atoms with van der Waals surface area (Å²) in [6, 6.07) is 15.0. The second kappa shape index (κ2) is 4.54. The Morgan fingerprint density at radius 1 is 1.11 bits per heavy atom. The van der Waals surface area contributed by atoms with Crippen LogP contribution in [0.15, 0.2) is 48.5 Å². The summed E-state index contributed by atoms with van der Waals surface area (Å²) in [4.78, 5) is 0. The van der Waals surface area contributed by atoms with Crippen molar-refractivity contribution in [3.63, 3.8) is 0 Å². The summed E-state index contributed by atoms with van der Waals surface area (Å²) in [6.45, 7) is 0. The van der Waals surface area contributed by atoms with E-state index in [1.54, 1.807) is 12.1 Å². The van der Waals surface area contributed by atoms with Gasteiger partial charge in [-0.05, 0) is 36.0 Å². The molecule has 0 aliphatic heterocycles. The molecule has 1 aliphatic carbocycles. The zero-order valence-corrected chi connectivity index (χ0v) is 10.1. The topological polar surface area (TPSA) is 26.0 Å². The van der Waals surface area contributed by atoms with E-state index in [4.69, 9.17) is 5.73 Å². The number of fused-ring (bicyclic) bond motifs is 1. The molecule has 0 bridgehead atoms. The predicted octanol–water partition coefficient (Wildman–Crippen LogP) is 3.56. The minimum absolute atomic E-state index is 0.197. The highest BCUT2D eigenvalue weighted by molar-refractivity contribution is 5.40. The lowest BCUT2D eigenvalue weighted by molar-refractivity contribution is 0.481. The number of rotatable bonds is 3. The van der Waals surface area contributed by atoms with Crippen LogP contribution in [0, 0.1) is 5.82 Å². The SMILES string of the molecule is NC(CC1Cc2ccccc21)c1ccccc1F. The lowest BCUT2D eigenvalue weighted by atomic mass is 9.74. The minimum atomic E-state index is -0.218. The number of nitrogens with two attached hydrogens (primary N) is 1. The maximum Gasteiger partial charge on any atom is 0.127 e. The Hall–Kier alpha value is -1.67. The van der Waals surface area contributed by atoms with Crippen LogP contribution in [-0.2, 0) is 6.42 Å². The Balaban J connectivity index is 1.74. The van der Waals surface area contributed by atoms with Gasteiger partial charge in [0.1, 0.15) is 5.82 Å². The van der Waals surface area contributed by atoms with Crippen molar-refractivity contribution in [1.82, 2.24) is 0 Å². The van der Waals surface area contributed by atoms with E-state index in [0.29, 0.717) is 11.5 Å². The first-order valence-corrected chi connectivity index (χ1v) is 6.33. The van der Waals surface area contributed by atoms with Gasteiger partial charge in [-0.25, -0.2) is 4.39 Å². The second-order valence-corrected chi connectivity index (χ2v) is 4.96. The summed E-state index contributed by atoms with van der Waals surface area (Å²) in [5.41, 5.74) is 9.53. The molecule has 0 fully saturated rings. The third-order valence-electron chi connectivity index (χ3n) is 3.80. The molecule has 3 rings (SSSR count). The molecule has 2 aromatic rings. The number of hydrogen-bond donors (Lipinski definition) is 1. The predicted molar refractivity (Wildman–Crippen MR) is 70.8 cm³/mol. The van der Waals surface area contributed by atoms with Crippen LogP contribution in [0.1, 0.15) is 35.1 Å². The molecule has 0 saturated heterocycles. The van der Waals surface area contributed by atoms with E-state index in [-0.39, 0.29) is 11.9 Å². The molecule has 1 nitrogen and oxygen atoms in total. The van der Waals surface area contributed by atoms with E-state index >= 15 is 0 Å². The van der Waals surface area contributed by atoms with Crippen LogP contribution >= 0.6 is 0 Å². The van der Waals surface area contributed by atoms with E-state index in [1.165, 1.54) is 17.2 Å². The quantitative estimate of drug-likeness (QED) is 0.873. The van der Waals surface area contributed by atoms with Gasteiger partial charge < -0.3 is 5.73 Å². The molecule has 0 amide bonds. The van der Waals surface area contributed by atoms with Crippen molar-refractivity contribution in [2.24, 2.45) is 5.73 Å². The maximum absolute atomic E-state index is 13.6. The van der Waals surface area contributed by atoms with E-state index in [2.05, 4.69) is 24.3 Å². The average Bonchev–Trinajstić information content (AvgIpc) is 2.36. The zero-order valence-electron chi connectivity index (χ0n) is 10.1. The average molecular weight is 241 g/mol. The maximum atomic E-state index is 13.6. The van der Waals surface area contributed by atoms with Gasteiger partial charge >= 0.3 is 0 Å². The number of halogens is 1. The number of benzene rings is 2. The molecule has 0 heterocycles. The third kappa shape index (κ3) is 1.93. The molecule has 18 heavy (non-hydrogen) atoms. The van der Waals surface area contributed by atoms with Crippen molar-refractivity contribution < 1.29 is 4.39 Å². The molecule has 0 saturated carbocycles. The van der Waals surface area contributed by atoms with Gasteiger partial charge in [-0.1, -0.05) is 42.5 Å². The van der Waals surface area contributed by atoms with Crippen LogP contribution < -0.4 is 5.73 Å². The molecule has 2 atom stereocenters. The molecule has 2 N–H and O–H groups in total. The first-order chi connectivity index (χ1) is 8.75. The third-order valence-corrected chi connectivity index (χ3v) is 3.80. The number of hydrogen-bond acceptors (Lipinski definition) is 1. The van der Waals surface area contributed by atoms with E-state index in [9.17, 15) is 4.39 Å². The van der Waals surface area contributed by atoms with Gasteiger partial charge in [-0.2, -0.15) is 0 Å². The Morgan fingerprint density at radius 2 is 1.83 bits per heavy atom. The molecule has 2 aromatic carbocycles. The monoisotopic (exact) mass is 241 g/mol. The fourth-order valence-corrected chi connectivity index (χ4v) is 2.78. The largest absolute Gasteiger partial charge is 0.324 e. The van der Waals surface area contributed by atoms with Crippen LogP contribution in [0.4, 0.5) is 4.39 Å². The molecule has 92 valence electrons. The molecule has 2 heteroatoms. The highest BCUT2D eigenvalue weighted by Gasteiger charge is 2.27. The van der Waals surface area contributed by atoms with Crippen molar-refractivity contribution >= 4 is 0 Å². The molecule has 1 aliphatic rings. The van der Waals surface area contributed by atoms with Crippen LogP contribution in [0.2, 0.25) is 0 Å². The first kappa shape index (κ1) is 11.4. The van der Waals surface area contributed by atoms with Crippen molar-refractivity contribution in [3.8, 4) is 0 Å². The van der Waals surface area contributed by atoms with Gasteiger partial charge in [-0.3, -0.25) is 0 Å². The Labute approximate surface area is 106 Å². The first-order valence-electron chi connectivity index (χ1n) is 6.33. The summed E-state index contributed by atoms with van der Waals surface area (Å²) in [6.07, 6.45) is 1.89. The smallest absolute Gasteiger partial charge is 0.127 e. The Bertz CT molecular complexity index is 565. The van der Waals surface area contributed by atoms with E-state index < -0.39 is 0 Å². The molecule has 0 spiro atoms. The van der Waals surface area contributed by atoms with Gasteiger partial charge in [0.2, 0.25) is 0 Å². The van der Waals surface area contributed by atoms with Gasteiger partial charge in [0.15, 0.2) is 0 Å². The van der Waals surface area contributed by atoms with Gasteiger partial charge in [0, 0.05) is 11.6 Å². The van der Waals surface area contributed by atoms with Crippen molar-refractivity contribution in [2.45, 2.75) is 24.8 Å². The Kier molecular flexibility index (Phi) is 2.88. The molecule has 0 radical (unpaired) electrons. The molecule has 2 unspecified atom stereocenters. The lowest BCUT2D eigenvalue weighted by Crippen LogP contribution is -2.23. The molecular formula is C16H16FN. The van der Waals surface area contributed by atoms with E-state index in [0.717, 1.165) is 12.8 Å². The van der Waals surface area contributed by atoms with E-state index in [1.807, 2.05) is 6.07 Å². The van der Waals surface area contributed by atoms with Crippen molar-refractivity contribution in [3.05, 3.63) is 71.0 Å². The van der Waals surface area contributed by atoms with Gasteiger partial charge in [0.25, 0.3) is 0 Å². The van der Waals surface area contributed by atoms with Crippen LogP contribution in [0.25, 0.3) is 0 Å². The highest BCUT2D eigenvalue weighted by Crippen LogP contribution is 2.40. The zero-order chi connectivity index (χ0) is 12.5. The fourth-order valence-electron chi connectivity index (χ4n) is 2.78. The summed E-state index contributed by atoms with van der Waals surface area (Å²) in [5.74, 6) is 0.286. The van der Waals surface area contributed by atoms with Crippen molar-refractivity contribution in [1.29, 1.82) is 0 Å². The van der Waals surface area contributed by atoms with Crippen LogP contribution in [-0.4, -0.2) is 0 Å². The van der Waals surface area contributed by atoms with Crippen LogP contribution in [0.3, 0.4) is 0 Å².